The third kappa shape index (κ3) is 2.59. The zero-order valence-corrected chi connectivity index (χ0v) is 11.7. The van der Waals surface area contributed by atoms with Gasteiger partial charge >= 0.3 is 0 Å². The number of anilines is 2. The first-order valence-electron chi connectivity index (χ1n) is 4.65. The van der Waals surface area contributed by atoms with Gasteiger partial charge in [-0.05, 0) is 56.5 Å². The largest absolute Gasteiger partial charge is 0.338 e. The fraction of sp³-hybridized carbons (Fsp3) is 0.0909. The van der Waals surface area contributed by atoms with Gasteiger partial charge in [-0.25, -0.2) is 9.97 Å². The monoisotopic (exact) mass is 341 g/mol. The Hall–Kier alpha value is -0.940. The number of hydrogen-bond donors (Lipinski definition) is 1. The van der Waals surface area contributed by atoms with Crippen LogP contribution in [-0.4, -0.2) is 9.97 Å². The van der Waals surface area contributed by atoms with Crippen LogP contribution in [0.1, 0.15) is 5.56 Å². The van der Waals surface area contributed by atoms with Crippen molar-refractivity contribution in [3.05, 3.63) is 45.2 Å². The summed E-state index contributed by atoms with van der Waals surface area (Å²) in [6, 6.07) is 6.10. The number of aryl methyl sites for hydroxylation is 1. The Morgan fingerprint density at radius 2 is 2.00 bits per heavy atom. The van der Waals surface area contributed by atoms with Gasteiger partial charge < -0.3 is 5.32 Å². The van der Waals surface area contributed by atoms with Gasteiger partial charge in [-0.3, -0.25) is 0 Å². The fourth-order valence-corrected chi connectivity index (χ4v) is 2.17. The van der Waals surface area contributed by atoms with E-state index in [1.165, 1.54) is 11.9 Å². The lowest BCUT2D eigenvalue weighted by atomic mass is 10.2. The quantitative estimate of drug-likeness (QED) is 0.894. The third-order valence-corrected chi connectivity index (χ3v) is 3.28. The van der Waals surface area contributed by atoms with Crippen molar-refractivity contribution in [1.29, 1.82) is 0 Å². The molecule has 2 aromatic rings. The average molecular weight is 343 g/mol. The van der Waals surface area contributed by atoms with Gasteiger partial charge in [0.25, 0.3) is 0 Å². The Balaban J connectivity index is 2.31. The average Bonchev–Trinajstić information content (AvgIpc) is 2.25. The van der Waals surface area contributed by atoms with Crippen LogP contribution in [0.5, 0.6) is 0 Å². The summed E-state index contributed by atoms with van der Waals surface area (Å²) in [5, 5.41) is 3.22. The topological polar surface area (TPSA) is 37.8 Å². The van der Waals surface area contributed by atoms with Gasteiger partial charge in [0, 0.05) is 10.7 Å². The second kappa shape index (κ2) is 4.93. The third-order valence-electron chi connectivity index (χ3n) is 2.05. The van der Waals surface area contributed by atoms with Crippen molar-refractivity contribution < 1.29 is 0 Å². The molecule has 0 aliphatic heterocycles. The summed E-state index contributed by atoms with van der Waals surface area (Å²) < 4.78 is 1.85. The van der Waals surface area contributed by atoms with E-state index < -0.39 is 0 Å². The molecule has 0 saturated heterocycles. The van der Waals surface area contributed by atoms with E-state index in [1.54, 1.807) is 6.20 Å². The minimum Gasteiger partial charge on any atom is -0.338 e. The predicted molar refractivity (Wildman–Crippen MR) is 71.9 cm³/mol. The Morgan fingerprint density at radius 1 is 1.19 bits per heavy atom. The van der Waals surface area contributed by atoms with E-state index >= 15 is 0 Å². The van der Waals surface area contributed by atoms with Gasteiger partial charge in [-0.1, -0.05) is 6.07 Å². The van der Waals surface area contributed by atoms with Crippen LogP contribution in [0.15, 0.2) is 39.7 Å². The molecule has 3 nitrogen and oxygen atoms in total. The first-order valence-corrected chi connectivity index (χ1v) is 6.24. The van der Waals surface area contributed by atoms with Crippen molar-refractivity contribution in [3.8, 4) is 0 Å². The molecule has 1 heterocycles. The number of halogens is 2. The van der Waals surface area contributed by atoms with E-state index in [4.69, 9.17) is 0 Å². The van der Waals surface area contributed by atoms with E-state index in [0.29, 0.717) is 0 Å². The lowest BCUT2D eigenvalue weighted by molar-refractivity contribution is 1.15. The second-order valence-electron chi connectivity index (χ2n) is 3.33. The zero-order valence-electron chi connectivity index (χ0n) is 8.54. The Bertz CT molecular complexity index is 514. The van der Waals surface area contributed by atoms with Gasteiger partial charge in [0.2, 0.25) is 0 Å². The summed E-state index contributed by atoms with van der Waals surface area (Å²) in [5.41, 5.74) is 2.18. The summed E-state index contributed by atoms with van der Waals surface area (Å²) >= 11 is 6.90. The van der Waals surface area contributed by atoms with Crippen molar-refractivity contribution in [2.24, 2.45) is 0 Å². The molecular formula is C11H9Br2N3. The molecule has 2 rings (SSSR count). The summed E-state index contributed by atoms with van der Waals surface area (Å²) in [6.45, 7) is 2.05. The maximum Gasteiger partial charge on any atom is 0.148 e. The molecule has 0 unspecified atom stereocenters. The number of nitrogens with one attached hydrogen (secondary N) is 1. The molecule has 0 atom stereocenters. The van der Waals surface area contributed by atoms with E-state index in [-0.39, 0.29) is 0 Å². The first-order chi connectivity index (χ1) is 7.66. The van der Waals surface area contributed by atoms with Crippen molar-refractivity contribution in [2.45, 2.75) is 6.92 Å². The van der Waals surface area contributed by atoms with Crippen LogP contribution >= 0.6 is 31.9 Å². The molecule has 0 saturated carbocycles. The van der Waals surface area contributed by atoms with Gasteiger partial charge in [-0.15, -0.1) is 0 Å². The SMILES string of the molecule is Cc1ccc(Nc2ncncc2Br)c(Br)c1. The van der Waals surface area contributed by atoms with Crippen LogP contribution in [0.25, 0.3) is 0 Å². The summed E-state index contributed by atoms with van der Waals surface area (Å²) in [5.74, 6) is 0.750. The first kappa shape index (κ1) is 11.5. The number of nitrogens with zero attached hydrogens (tertiary/aromatic N) is 2. The van der Waals surface area contributed by atoms with Gasteiger partial charge in [0.15, 0.2) is 0 Å². The molecule has 16 heavy (non-hydrogen) atoms. The fourth-order valence-electron chi connectivity index (χ4n) is 1.25. The minimum absolute atomic E-state index is 0.750. The molecule has 0 aliphatic rings. The molecule has 0 aliphatic carbocycles. The van der Waals surface area contributed by atoms with Crippen LogP contribution in [0, 0.1) is 6.92 Å². The summed E-state index contributed by atoms with van der Waals surface area (Å²) in [4.78, 5) is 8.06. The molecule has 0 bridgehead atoms. The summed E-state index contributed by atoms with van der Waals surface area (Å²) in [7, 11) is 0. The number of hydrogen-bond acceptors (Lipinski definition) is 3. The molecule has 1 aromatic carbocycles. The van der Waals surface area contributed by atoms with Crippen molar-refractivity contribution in [3.63, 3.8) is 0 Å². The van der Waals surface area contributed by atoms with Gasteiger partial charge in [-0.2, -0.15) is 0 Å². The highest BCUT2D eigenvalue weighted by Gasteiger charge is 2.04. The van der Waals surface area contributed by atoms with Gasteiger partial charge in [0.1, 0.15) is 12.1 Å². The van der Waals surface area contributed by atoms with E-state index in [0.717, 1.165) is 20.5 Å². The lowest BCUT2D eigenvalue weighted by Crippen LogP contribution is -1.96. The molecule has 0 radical (unpaired) electrons. The standard InChI is InChI=1S/C11H9Br2N3/c1-7-2-3-10(8(12)4-7)16-11-9(13)5-14-6-15-11/h2-6H,1H3,(H,14,15,16). The van der Waals surface area contributed by atoms with Crippen LogP contribution in [0.4, 0.5) is 11.5 Å². The Morgan fingerprint density at radius 3 is 2.69 bits per heavy atom. The van der Waals surface area contributed by atoms with E-state index in [1.807, 2.05) is 12.1 Å². The molecule has 1 N–H and O–H groups in total. The molecule has 0 fully saturated rings. The van der Waals surface area contributed by atoms with Crippen LogP contribution in [0.3, 0.4) is 0 Å². The normalized spacial score (nSPS) is 10.2. The maximum atomic E-state index is 4.15. The highest BCUT2D eigenvalue weighted by Crippen LogP contribution is 2.28. The van der Waals surface area contributed by atoms with Crippen molar-refractivity contribution >= 4 is 43.4 Å². The van der Waals surface area contributed by atoms with Crippen LogP contribution in [0.2, 0.25) is 0 Å². The Kier molecular flexibility index (Phi) is 3.56. The van der Waals surface area contributed by atoms with Crippen LogP contribution < -0.4 is 5.32 Å². The number of aromatic nitrogens is 2. The zero-order chi connectivity index (χ0) is 11.5. The molecule has 5 heteroatoms. The highest BCUT2D eigenvalue weighted by molar-refractivity contribution is 9.11. The smallest absolute Gasteiger partial charge is 0.148 e. The second-order valence-corrected chi connectivity index (χ2v) is 5.04. The number of rotatable bonds is 2. The highest BCUT2D eigenvalue weighted by atomic mass is 79.9. The summed E-state index contributed by atoms with van der Waals surface area (Å²) in [6.07, 6.45) is 3.21. The van der Waals surface area contributed by atoms with Crippen molar-refractivity contribution in [1.82, 2.24) is 9.97 Å². The molecular weight excluding hydrogens is 334 g/mol. The molecule has 0 amide bonds. The van der Waals surface area contributed by atoms with Gasteiger partial charge in [0.05, 0.1) is 10.2 Å². The molecule has 82 valence electrons. The Labute approximate surface area is 111 Å². The van der Waals surface area contributed by atoms with E-state index in [2.05, 4.69) is 60.1 Å². The maximum absolute atomic E-state index is 4.15. The predicted octanol–water partition coefficient (Wildman–Crippen LogP) is 4.05. The molecule has 1 aromatic heterocycles. The number of benzene rings is 1. The molecule has 0 spiro atoms. The minimum atomic E-state index is 0.750. The van der Waals surface area contributed by atoms with E-state index in [9.17, 15) is 0 Å². The van der Waals surface area contributed by atoms with Crippen LogP contribution in [-0.2, 0) is 0 Å². The lowest BCUT2D eigenvalue weighted by Gasteiger charge is -2.09. The van der Waals surface area contributed by atoms with Crippen molar-refractivity contribution in [2.75, 3.05) is 5.32 Å².